The zero-order chi connectivity index (χ0) is 7.28. The van der Waals surface area contributed by atoms with Crippen molar-refractivity contribution in [1.82, 2.24) is 0 Å². The van der Waals surface area contributed by atoms with Gasteiger partial charge in [0.05, 0.1) is 0 Å². The third-order valence-corrected chi connectivity index (χ3v) is 2.29. The Kier molecular flexibility index (Phi) is 4.84. The van der Waals surface area contributed by atoms with Crippen molar-refractivity contribution in [1.29, 1.82) is 0 Å². The van der Waals surface area contributed by atoms with E-state index >= 15 is 0 Å². The van der Waals surface area contributed by atoms with Crippen LogP contribution >= 0.6 is 0 Å². The molecule has 1 fully saturated rings. The average Bonchev–Trinajstić information content (AvgIpc) is 2.23. The van der Waals surface area contributed by atoms with Crippen LogP contribution in [0.1, 0.15) is 47.0 Å². The molecule has 0 heteroatoms. The van der Waals surface area contributed by atoms with Gasteiger partial charge < -0.3 is 0 Å². The molecule has 0 amide bonds. The van der Waals surface area contributed by atoms with Gasteiger partial charge in [-0.15, -0.1) is 0 Å². The molecule has 0 bridgehead atoms. The molecule has 9 heavy (non-hydrogen) atoms. The summed E-state index contributed by atoms with van der Waals surface area (Å²) in [5.74, 6) is 2.03. The van der Waals surface area contributed by atoms with E-state index in [4.69, 9.17) is 0 Å². The standard InChI is InChI=1S/C7H14.C2H6/c1-6-4-3-5-7(6)2;1-2/h6-7H,3-5H2,1-2H3;1-2H3/t6-,7-;/m1./s1. The zero-order valence-corrected chi connectivity index (χ0v) is 7.28. The van der Waals surface area contributed by atoms with E-state index in [1.54, 1.807) is 0 Å². The van der Waals surface area contributed by atoms with E-state index in [-0.39, 0.29) is 0 Å². The van der Waals surface area contributed by atoms with Crippen LogP contribution in [-0.2, 0) is 0 Å². The van der Waals surface area contributed by atoms with E-state index in [0.29, 0.717) is 0 Å². The molecule has 0 aromatic carbocycles. The summed E-state index contributed by atoms with van der Waals surface area (Å²) in [6.45, 7) is 8.72. The van der Waals surface area contributed by atoms with Crippen molar-refractivity contribution in [3.63, 3.8) is 0 Å². The van der Waals surface area contributed by atoms with E-state index in [2.05, 4.69) is 13.8 Å². The zero-order valence-electron chi connectivity index (χ0n) is 7.28. The summed E-state index contributed by atoms with van der Waals surface area (Å²) >= 11 is 0. The first-order valence-electron chi connectivity index (χ1n) is 4.30. The Morgan fingerprint density at radius 1 is 0.889 bits per heavy atom. The first-order chi connectivity index (χ1) is 4.30. The van der Waals surface area contributed by atoms with Gasteiger partial charge in [-0.05, 0) is 11.8 Å². The number of rotatable bonds is 0. The minimum atomic E-state index is 1.01. The molecule has 1 rings (SSSR count). The predicted octanol–water partition coefficient (Wildman–Crippen LogP) is 3.47. The highest BCUT2D eigenvalue weighted by Crippen LogP contribution is 2.29. The maximum Gasteiger partial charge on any atom is -0.0417 e. The lowest BCUT2D eigenvalue weighted by Crippen LogP contribution is -1.95. The van der Waals surface area contributed by atoms with Gasteiger partial charge in [-0.1, -0.05) is 47.0 Å². The van der Waals surface area contributed by atoms with Gasteiger partial charge in [-0.2, -0.15) is 0 Å². The summed E-state index contributed by atoms with van der Waals surface area (Å²) < 4.78 is 0. The van der Waals surface area contributed by atoms with E-state index in [0.717, 1.165) is 11.8 Å². The van der Waals surface area contributed by atoms with Crippen molar-refractivity contribution in [2.75, 3.05) is 0 Å². The fraction of sp³-hybridized carbons (Fsp3) is 1.00. The first kappa shape index (κ1) is 9.00. The van der Waals surface area contributed by atoms with Crippen molar-refractivity contribution in [2.24, 2.45) is 11.8 Å². The van der Waals surface area contributed by atoms with Crippen molar-refractivity contribution >= 4 is 0 Å². The fourth-order valence-corrected chi connectivity index (χ4v) is 1.33. The molecule has 0 aromatic heterocycles. The lowest BCUT2D eigenvalue weighted by molar-refractivity contribution is 0.457. The fourth-order valence-electron chi connectivity index (χ4n) is 1.33. The third-order valence-electron chi connectivity index (χ3n) is 2.29. The number of hydrogen-bond donors (Lipinski definition) is 0. The molecule has 0 radical (unpaired) electrons. The highest BCUT2D eigenvalue weighted by Gasteiger charge is 2.17. The smallest absolute Gasteiger partial charge is 0.0417 e. The van der Waals surface area contributed by atoms with Crippen LogP contribution in [0.25, 0.3) is 0 Å². The second-order valence-electron chi connectivity index (χ2n) is 2.89. The second-order valence-corrected chi connectivity index (χ2v) is 2.89. The number of hydrogen-bond acceptors (Lipinski definition) is 0. The monoisotopic (exact) mass is 128 g/mol. The van der Waals surface area contributed by atoms with Crippen LogP contribution in [0.2, 0.25) is 0 Å². The Morgan fingerprint density at radius 2 is 1.22 bits per heavy atom. The molecule has 2 atom stereocenters. The highest BCUT2D eigenvalue weighted by molar-refractivity contribution is 4.69. The molecule has 0 spiro atoms. The van der Waals surface area contributed by atoms with Crippen LogP contribution in [0.3, 0.4) is 0 Å². The lowest BCUT2D eigenvalue weighted by atomic mass is 10.0. The Hall–Kier alpha value is 0. The third kappa shape index (κ3) is 2.88. The molecule has 1 saturated carbocycles. The van der Waals surface area contributed by atoms with Crippen LogP contribution in [0, 0.1) is 11.8 Å². The van der Waals surface area contributed by atoms with Crippen molar-refractivity contribution in [3.05, 3.63) is 0 Å². The van der Waals surface area contributed by atoms with Crippen LogP contribution in [-0.4, -0.2) is 0 Å². The molecule has 0 unspecified atom stereocenters. The molecule has 1 aliphatic carbocycles. The molecule has 0 N–H and O–H groups in total. The van der Waals surface area contributed by atoms with E-state index in [9.17, 15) is 0 Å². The van der Waals surface area contributed by atoms with E-state index in [1.165, 1.54) is 19.3 Å². The highest BCUT2D eigenvalue weighted by atomic mass is 14.2. The molecule has 1 aliphatic rings. The summed E-state index contributed by atoms with van der Waals surface area (Å²) in [6, 6.07) is 0. The molecule has 0 aromatic rings. The SMILES string of the molecule is CC.C[C@@H]1CCC[C@H]1C. The van der Waals surface area contributed by atoms with Crippen molar-refractivity contribution < 1.29 is 0 Å². The summed E-state index contributed by atoms with van der Waals surface area (Å²) in [7, 11) is 0. The van der Waals surface area contributed by atoms with E-state index in [1.807, 2.05) is 13.8 Å². The summed E-state index contributed by atoms with van der Waals surface area (Å²) in [6.07, 6.45) is 4.42. The van der Waals surface area contributed by atoms with Gasteiger partial charge in [0, 0.05) is 0 Å². The van der Waals surface area contributed by atoms with Gasteiger partial charge in [0.2, 0.25) is 0 Å². The molecule has 0 saturated heterocycles. The Balaban J connectivity index is 0.000000291. The van der Waals surface area contributed by atoms with Gasteiger partial charge in [-0.25, -0.2) is 0 Å². The Morgan fingerprint density at radius 3 is 1.33 bits per heavy atom. The molecule has 0 nitrogen and oxygen atoms in total. The van der Waals surface area contributed by atoms with Gasteiger partial charge >= 0.3 is 0 Å². The molecular formula is C9H20. The largest absolute Gasteiger partial charge is 0.0683 e. The van der Waals surface area contributed by atoms with E-state index < -0.39 is 0 Å². The minimum absolute atomic E-state index is 1.01. The Labute approximate surface area is 59.7 Å². The van der Waals surface area contributed by atoms with Crippen molar-refractivity contribution in [2.45, 2.75) is 47.0 Å². The topological polar surface area (TPSA) is 0 Å². The van der Waals surface area contributed by atoms with Crippen LogP contribution < -0.4 is 0 Å². The van der Waals surface area contributed by atoms with Crippen molar-refractivity contribution in [3.8, 4) is 0 Å². The van der Waals surface area contributed by atoms with Gasteiger partial charge in [0.25, 0.3) is 0 Å². The average molecular weight is 128 g/mol. The van der Waals surface area contributed by atoms with Crippen LogP contribution in [0.4, 0.5) is 0 Å². The first-order valence-corrected chi connectivity index (χ1v) is 4.30. The normalized spacial score (nSPS) is 33.3. The summed E-state index contributed by atoms with van der Waals surface area (Å²) in [5, 5.41) is 0. The molecule has 56 valence electrons. The molecule has 0 heterocycles. The molecular weight excluding hydrogens is 108 g/mol. The minimum Gasteiger partial charge on any atom is -0.0683 e. The lowest BCUT2D eigenvalue weighted by Gasteiger charge is -2.05. The maximum atomic E-state index is 2.36. The van der Waals surface area contributed by atoms with Crippen LogP contribution in [0.15, 0.2) is 0 Å². The quantitative estimate of drug-likeness (QED) is 0.468. The van der Waals surface area contributed by atoms with Crippen LogP contribution in [0.5, 0.6) is 0 Å². The maximum absolute atomic E-state index is 2.36. The van der Waals surface area contributed by atoms with Gasteiger partial charge in [0.1, 0.15) is 0 Å². The Bertz CT molecular complexity index is 49.1. The van der Waals surface area contributed by atoms with Gasteiger partial charge in [-0.3, -0.25) is 0 Å². The van der Waals surface area contributed by atoms with Gasteiger partial charge in [0.15, 0.2) is 0 Å². The molecule has 0 aliphatic heterocycles. The summed E-state index contributed by atoms with van der Waals surface area (Å²) in [5.41, 5.74) is 0. The predicted molar refractivity (Wildman–Crippen MR) is 43.5 cm³/mol. The summed E-state index contributed by atoms with van der Waals surface area (Å²) in [4.78, 5) is 0. The second kappa shape index (κ2) is 4.84.